The Labute approximate surface area is 85.3 Å². The Morgan fingerprint density at radius 3 is 2.75 bits per heavy atom. The molecule has 1 unspecified atom stereocenters. The predicted molar refractivity (Wildman–Crippen MR) is 56.5 cm³/mol. The number of hydrogen-bond acceptors (Lipinski definition) is 2. The summed E-state index contributed by atoms with van der Waals surface area (Å²) < 4.78 is 1.23. The van der Waals surface area contributed by atoms with Gasteiger partial charge in [0.2, 0.25) is 0 Å². The van der Waals surface area contributed by atoms with Crippen LogP contribution < -0.4 is 5.32 Å². The van der Waals surface area contributed by atoms with Crippen molar-refractivity contribution in [1.82, 2.24) is 5.32 Å². The molecule has 1 saturated carbocycles. The van der Waals surface area contributed by atoms with Gasteiger partial charge in [0.1, 0.15) is 0 Å². The molecule has 66 valence electrons. The van der Waals surface area contributed by atoms with E-state index < -0.39 is 0 Å². The maximum absolute atomic E-state index is 3.49. The molecule has 0 amide bonds. The zero-order chi connectivity index (χ0) is 8.55. The highest BCUT2D eigenvalue weighted by molar-refractivity contribution is 9.11. The van der Waals surface area contributed by atoms with Gasteiger partial charge in [-0.05, 0) is 53.9 Å². The van der Waals surface area contributed by atoms with Crippen LogP contribution in [-0.2, 0) is 0 Å². The third-order valence-corrected chi connectivity index (χ3v) is 4.01. The van der Waals surface area contributed by atoms with Gasteiger partial charge in [0, 0.05) is 10.9 Å². The summed E-state index contributed by atoms with van der Waals surface area (Å²) in [5, 5.41) is 3.38. The number of rotatable bonds is 3. The summed E-state index contributed by atoms with van der Waals surface area (Å²) >= 11 is 5.33. The molecule has 2 rings (SSSR count). The molecule has 0 bridgehead atoms. The van der Waals surface area contributed by atoms with Crippen LogP contribution in [0.2, 0.25) is 0 Å². The van der Waals surface area contributed by atoms with Gasteiger partial charge in [0.15, 0.2) is 0 Å². The van der Waals surface area contributed by atoms with Crippen molar-refractivity contribution < 1.29 is 0 Å². The summed E-state index contributed by atoms with van der Waals surface area (Å²) in [5.74, 6) is 0.889. The topological polar surface area (TPSA) is 12.0 Å². The number of thiophene rings is 1. The van der Waals surface area contributed by atoms with Crippen LogP contribution in [-0.4, -0.2) is 7.05 Å². The fraction of sp³-hybridized carbons (Fsp3) is 0.556. The molecule has 1 aromatic heterocycles. The molecule has 3 heteroatoms. The molecule has 1 fully saturated rings. The smallest absolute Gasteiger partial charge is 0.0701 e. The minimum Gasteiger partial charge on any atom is -0.312 e. The summed E-state index contributed by atoms with van der Waals surface area (Å²) in [6.07, 6.45) is 2.78. The molecule has 1 heterocycles. The second-order valence-corrected chi connectivity index (χ2v) is 5.74. The molecule has 1 aliphatic carbocycles. The van der Waals surface area contributed by atoms with Gasteiger partial charge in [-0.15, -0.1) is 11.3 Å². The van der Waals surface area contributed by atoms with Gasteiger partial charge in [-0.25, -0.2) is 0 Å². The van der Waals surface area contributed by atoms with Crippen molar-refractivity contribution in [3.05, 3.63) is 20.8 Å². The first-order valence-corrected chi connectivity index (χ1v) is 5.84. The fourth-order valence-corrected chi connectivity index (χ4v) is 3.16. The Hall–Kier alpha value is 0.140. The van der Waals surface area contributed by atoms with Gasteiger partial charge in [-0.2, -0.15) is 0 Å². The molecule has 0 spiro atoms. The van der Waals surface area contributed by atoms with Crippen LogP contribution in [0.25, 0.3) is 0 Å². The van der Waals surface area contributed by atoms with Crippen LogP contribution in [0.4, 0.5) is 0 Å². The van der Waals surface area contributed by atoms with Crippen molar-refractivity contribution in [3.8, 4) is 0 Å². The SMILES string of the molecule is CNC(c1ccc(Br)s1)C1CC1. The summed E-state index contributed by atoms with van der Waals surface area (Å²) in [7, 11) is 2.05. The van der Waals surface area contributed by atoms with E-state index in [4.69, 9.17) is 0 Å². The maximum atomic E-state index is 3.49. The van der Waals surface area contributed by atoms with Gasteiger partial charge >= 0.3 is 0 Å². The van der Waals surface area contributed by atoms with E-state index >= 15 is 0 Å². The summed E-state index contributed by atoms with van der Waals surface area (Å²) in [4.78, 5) is 1.46. The van der Waals surface area contributed by atoms with Crippen LogP contribution in [0.15, 0.2) is 15.9 Å². The van der Waals surface area contributed by atoms with Gasteiger partial charge < -0.3 is 5.32 Å². The quantitative estimate of drug-likeness (QED) is 0.863. The zero-order valence-corrected chi connectivity index (χ0v) is 9.41. The van der Waals surface area contributed by atoms with Gasteiger partial charge in [0.05, 0.1) is 3.79 Å². The second-order valence-electron chi connectivity index (χ2n) is 3.25. The van der Waals surface area contributed by atoms with E-state index in [1.807, 2.05) is 11.3 Å². The lowest BCUT2D eigenvalue weighted by Crippen LogP contribution is -2.16. The van der Waals surface area contributed by atoms with Gasteiger partial charge in [-0.1, -0.05) is 0 Å². The summed E-state index contributed by atoms with van der Waals surface area (Å²) in [5.41, 5.74) is 0. The lowest BCUT2D eigenvalue weighted by atomic mass is 10.1. The zero-order valence-electron chi connectivity index (χ0n) is 7.01. The highest BCUT2D eigenvalue weighted by atomic mass is 79.9. The largest absolute Gasteiger partial charge is 0.312 e. The molecule has 0 aromatic carbocycles. The summed E-state index contributed by atoms with van der Waals surface area (Å²) in [6, 6.07) is 4.95. The third kappa shape index (κ3) is 1.73. The normalized spacial score (nSPS) is 19.5. The van der Waals surface area contributed by atoms with E-state index in [1.165, 1.54) is 21.5 Å². The molecule has 1 atom stereocenters. The molecule has 12 heavy (non-hydrogen) atoms. The molecular formula is C9H12BrNS. The van der Waals surface area contributed by atoms with Gasteiger partial charge in [-0.3, -0.25) is 0 Å². The third-order valence-electron chi connectivity index (χ3n) is 2.30. The van der Waals surface area contributed by atoms with Crippen LogP contribution >= 0.6 is 27.3 Å². The molecule has 1 aliphatic rings. The van der Waals surface area contributed by atoms with Crippen LogP contribution in [0, 0.1) is 5.92 Å². The van der Waals surface area contributed by atoms with E-state index in [9.17, 15) is 0 Å². The monoisotopic (exact) mass is 245 g/mol. The number of nitrogens with one attached hydrogen (secondary N) is 1. The standard InChI is InChI=1S/C9H12BrNS/c1-11-9(6-2-3-6)7-4-5-8(10)12-7/h4-6,9,11H,2-3H2,1H3. The number of hydrogen-bond donors (Lipinski definition) is 1. The highest BCUT2D eigenvalue weighted by Gasteiger charge is 2.31. The Balaban J connectivity index is 2.15. The minimum absolute atomic E-state index is 0.598. The van der Waals surface area contributed by atoms with Crippen molar-refractivity contribution in [2.45, 2.75) is 18.9 Å². The second kappa shape index (κ2) is 3.48. The van der Waals surface area contributed by atoms with Crippen molar-refractivity contribution >= 4 is 27.3 Å². The lowest BCUT2D eigenvalue weighted by Gasteiger charge is -2.12. The fourth-order valence-electron chi connectivity index (χ4n) is 1.54. The van der Waals surface area contributed by atoms with Crippen LogP contribution in [0.3, 0.4) is 0 Å². The molecule has 1 nitrogen and oxygen atoms in total. The highest BCUT2D eigenvalue weighted by Crippen LogP contribution is 2.43. The molecular weight excluding hydrogens is 234 g/mol. The van der Waals surface area contributed by atoms with E-state index in [2.05, 4.69) is 40.4 Å². The maximum Gasteiger partial charge on any atom is 0.0701 e. The van der Waals surface area contributed by atoms with E-state index in [1.54, 1.807) is 0 Å². The van der Waals surface area contributed by atoms with E-state index in [-0.39, 0.29) is 0 Å². The van der Waals surface area contributed by atoms with Crippen molar-refractivity contribution in [2.75, 3.05) is 7.05 Å². The Morgan fingerprint density at radius 2 is 2.33 bits per heavy atom. The van der Waals surface area contributed by atoms with E-state index in [0.717, 1.165) is 5.92 Å². The minimum atomic E-state index is 0.598. The molecule has 1 N–H and O–H groups in total. The van der Waals surface area contributed by atoms with Gasteiger partial charge in [0.25, 0.3) is 0 Å². The Kier molecular flexibility index (Phi) is 2.53. The average molecular weight is 246 g/mol. The molecule has 0 saturated heterocycles. The number of halogens is 1. The van der Waals surface area contributed by atoms with Crippen LogP contribution in [0.5, 0.6) is 0 Å². The van der Waals surface area contributed by atoms with Crippen molar-refractivity contribution in [3.63, 3.8) is 0 Å². The Morgan fingerprint density at radius 1 is 1.58 bits per heavy atom. The Bertz CT molecular complexity index is 267. The molecule has 0 radical (unpaired) electrons. The van der Waals surface area contributed by atoms with Crippen LogP contribution in [0.1, 0.15) is 23.8 Å². The van der Waals surface area contributed by atoms with Crippen molar-refractivity contribution in [2.24, 2.45) is 5.92 Å². The average Bonchev–Trinajstić information content (AvgIpc) is 2.78. The first-order valence-electron chi connectivity index (χ1n) is 4.24. The first kappa shape index (κ1) is 8.73. The lowest BCUT2D eigenvalue weighted by molar-refractivity contribution is 0.537. The predicted octanol–water partition coefficient (Wildman–Crippen LogP) is 3.18. The first-order chi connectivity index (χ1) is 5.81. The summed E-state index contributed by atoms with van der Waals surface area (Å²) in [6.45, 7) is 0. The molecule has 0 aliphatic heterocycles. The molecule has 1 aromatic rings. The van der Waals surface area contributed by atoms with E-state index in [0.29, 0.717) is 6.04 Å². The van der Waals surface area contributed by atoms with Crippen molar-refractivity contribution in [1.29, 1.82) is 0 Å².